The third-order valence-corrected chi connectivity index (χ3v) is 4.16. The van der Waals surface area contributed by atoms with Gasteiger partial charge in [0.2, 0.25) is 0 Å². The molecule has 1 aromatic carbocycles. The summed E-state index contributed by atoms with van der Waals surface area (Å²) in [5, 5.41) is 17.7. The van der Waals surface area contributed by atoms with Crippen molar-refractivity contribution in [2.24, 2.45) is 0 Å². The smallest absolute Gasteiger partial charge is 0.255 e. The van der Waals surface area contributed by atoms with Gasteiger partial charge in [-0.3, -0.25) is 4.79 Å². The summed E-state index contributed by atoms with van der Waals surface area (Å²) < 4.78 is 6.97. The second-order valence-electron chi connectivity index (χ2n) is 6.23. The largest absolute Gasteiger partial charge is 0.466 e. The van der Waals surface area contributed by atoms with Crippen LogP contribution in [0.3, 0.4) is 0 Å². The Kier molecular flexibility index (Phi) is 4.46. The molecule has 2 heterocycles. The van der Waals surface area contributed by atoms with E-state index in [1.54, 1.807) is 30.7 Å². The molecule has 0 saturated heterocycles. The average molecular weight is 339 g/mol. The highest BCUT2D eigenvalue weighted by Gasteiger charge is 2.28. The molecule has 0 spiro atoms. The van der Waals surface area contributed by atoms with Gasteiger partial charge in [-0.1, -0.05) is 18.2 Å². The van der Waals surface area contributed by atoms with Crippen molar-refractivity contribution in [1.29, 1.82) is 0 Å². The van der Waals surface area contributed by atoms with Crippen LogP contribution in [0, 0.1) is 13.8 Å². The summed E-state index contributed by atoms with van der Waals surface area (Å²) in [6, 6.07) is 13.0. The number of aryl methyl sites for hydroxylation is 1. The average Bonchev–Trinajstić information content (AvgIpc) is 3.23. The summed E-state index contributed by atoms with van der Waals surface area (Å²) in [5.74, 6) is 0.130. The molecule has 6 nitrogen and oxygen atoms in total. The Morgan fingerprint density at radius 2 is 1.96 bits per heavy atom. The molecular weight excluding hydrogens is 318 g/mol. The van der Waals surface area contributed by atoms with Crippen LogP contribution in [0.15, 0.2) is 53.1 Å². The quantitative estimate of drug-likeness (QED) is 0.749. The van der Waals surface area contributed by atoms with E-state index in [9.17, 15) is 9.90 Å². The molecular formula is C19H21N3O3. The number of carbonyl (C=O) groups excluding carboxylic acids is 1. The molecule has 3 rings (SSSR count). The number of carbonyl (C=O) groups is 1. The number of nitrogens with zero attached hydrogens (tertiary/aromatic N) is 2. The molecule has 0 aliphatic carbocycles. The van der Waals surface area contributed by atoms with E-state index in [1.165, 1.54) is 6.26 Å². The first-order valence-corrected chi connectivity index (χ1v) is 8.06. The molecule has 6 heteroatoms. The zero-order valence-corrected chi connectivity index (χ0v) is 14.5. The Morgan fingerprint density at radius 3 is 2.60 bits per heavy atom. The van der Waals surface area contributed by atoms with Crippen molar-refractivity contribution in [3.63, 3.8) is 0 Å². The van der Waals surface area contributed by atoms with E-state index in [4.69, 9.17) is 4.42 Å². The maximum atomic E-state index is 12.6. The molecule has 1 atom stereocenters. The minimum atomic E-state index is -1.28. The monoisotopic (exact) mass is 339 g/mol. The van der Waals surface area contributed by atoms with Crippen molar-refractivity contribution < 1.29 is 14.3 Å². The summed E-state index contributed by atoms with van der Waals surface area (Å²) >= 11 is 0. The van der Waals surface area contributed by atoms with E-state index in [2.05, 4.69) is 10.4 Å². The molecule has 0 aliphatic heterocycles. The number of furan rings is 1. The number of aromatic nitrogens is 2. The molecule has 25 heavy (non-hydrogen) atoms. The maximum Gasteiger partial charge on any atom is 0.255 e. The highest BCUT2D eigenvalue weighted by molar-refractivity contribution is 5.96. The Balaban J connectivity index is 1.80. The zero-order valence-electron chi connectivity index (χ0n) is 14.5. The van der Waals surface area contributed by atoms with Gasteiger partial charge in [0.15, 0.2) is 0 Å². The third kappa shape index (κ3) is 3.34. The van der Waals surface area contributed by atoms with Crippen LogP contribution in [0.2, 0.25) is 0 Å². The second kappa shape index (κ2) is 6.57. The normalized spacial score (nSPS) is 13.4. The number of nitrogens with one attached hydrogen (secondary N) is 1. The first-order valence-electron chi connectivity index (χ1n) is 8.06. The van der Waals surface area contributed by atoms with Gasteiger partial charge in [0.25, 0.3) is 5.91 Å². The molecule has 0 fully saturated rings. The summed E-state index contributed by atoms with van der Waals surface area (Å²) in [4.78, 5) is 12.6. The maximum absolute atomic E-state index is 12.6. The Hall–Kier alpha value is -2.86. The van der Waals surface area contributed by atoms with E-state index in [0.29, 0.717) is 17.0 Å². The minimum absolute atomic E-state index is 0.0365. The van der Waals surface area contributed by atoms with Crippen molar-refractivity contribution in [3.05, 3.63) is 71.4 Å². The van der Waals surface area contributed by atoms with Gasteiger partial charge >= 0.3 is 0 Å². The lowest BCUT2D eigenvalue weighted by Crippen LogP contribution is -2.38. The number of rotatable bonds is 5. The van der Waals surface area contributed by atoms with Crippen LogP contribution < -0.4 is 5.32 Å². The number of benzene rings is 1. The predicted octanol–water partition coefficient (Wildman–Crippen LogP) is 2.72. The van der Waals surface area contributed by atoms with Crippen LogP contribution in [0.25, 0.3) is 5.69 Å². The summed E-state index contributed by atoms with van der Waals surface area (Å²) in [6.45, 7) is 5.28. The van der Waals surface area contributed by atoms with E-state index in [1.807, 2.05) is 37.3 Å². The predicted molar refractivity (Wildman–Crippen MR) is 93.7 cm³/mol. The minimum Gasteiger partial charge on any atom is -0.466 e. The molecule has 0 bridgehead atoms. The molecule has 0 radical (unpaired) electrons. The fourth-order valence-corrected chi connectivity index (χ4v) is 2.80. The van der Waals surface area contributed by atoms with Gasteiger partial charge in [-0.15, -0.1) is 0 Å². The highest BCUT2D eigenvalue weighted by Crippen LogP contribution is 2.21. The van der Waals surface area contributed by atoms with Gasteiger partial charge in [-0.25, -0.2) is 4.68 Å². The van der Waals surface area contributed by atoms with Crippen molar-refractivity contribution >= 4 is 5.91 Å². The van der Waals surface area contributed by atoms with Gasteiger partial charge in [0.1, 0.15) is 11.4 Å². The number of hydrogen-bond donors (Lipinski definition) is 2. The van der Waals surface area contributed by atoms with Crippen LogP contribution >= 0.6 is 0 Å². The fraction of sp³-hybridized carbons (Fsp3) is 0.263. The lowest BCUT2D eigenvalue weighted by atomic mass is 10.0. The molecule has 2 aromatic heterocycles. The van der Waals surface area contributed by atoms with Gasteiger partial charge in [0.05, 0.1) is 35.4 Å². The fourth-order valence-electron chi connectivity index (χ4n) is 2.80. The van der Waals surface area contributed by atoms with E-state index >= 15 is 0 Å². The van der Waals surface area contributed by atoms with Crippen LogP contribution in [-0.2, 0) is 5.60 Å². The molecule has 0 saturated carbocycles. The zero-order chi connectivity index (χ0) is 18.0. The van der Waals surface area contributed by atoms with E-state index in [-0.39, 0.29) is 12.5 Å². The Bertz CT molecular complexity index is 865. The molecule has 2 N–H and O–H groups in total. The summed E-state index contributed by atoms with van der Waals surface area (Å²) in [6.07, 6.45) is 1.49. The van der Waals surface area contributed by atoms with Crippen LogP contribution in [0.4, 0.5) is 0 Å². The van der Waals surface area contributed by atoms with Gasteiger partial charge < -0.3 is 14.8 Å². The van der Waals surface area contributed by atoms with Crippen molar-refractivity contribution in [2.45, 2.75) is 26.4 Å². The SMILES string of the molecule is Cc1nn(-c2ccccc2)c(C)c1C(=O)NCC(C)(O)c1ccco1. The van der Waals surface area contributed by atoms with Crippen molar-refractivity contribution in [3.8, 4) is 5.69 Å². The first kappa shape index (κ1) is 17.0. The van der Waals surface area contributed by atoms with Gasteiger partial charge in [-0.05, 0) is 45.0 Å². The molecule has 0 aliphatic rings. The van der Waals surface area contributed by atoms with Gasteiger partial charge in [-0.2, -0.15) is 5.10 Å². The summed E-state index contributed by atoms with van der Waals surface area (Å²) in [5.41, 5.74) is 1.51. The standard InChI is InChI=1S/C19H21N3O3/c1-13-17(14(2)22(21-13)15-8-5-4-6-9-15)18(23)20-12-19(3,24)16-10-7-11-25-16/h4-11,24H,12H2,1-3H3,(H,20,23). The highest BCUT2D eigenvalue weighted by atomic mass is 16.4. The van der Waals surface area contributed by atoms with Gasteiger partial charge in [0, 0.05) is 0 Å². The van der Waals surface area contributed by atoms with Crippen molar-refractivity contribution in [1.82, 2.24) is 15.1 Å². The topological polar surface area (TPSA) is 80.3 Å². The first-order chi connectivity index (χ1) is 11.9. The molecule has 1 unspecified atom stereocenters. The number of aliphatic hydroxyl groups is 1. The number of hydrogen-bond acceptors (Lipinski definition) is 4. The third-order valence-electron chi connectivity index (χ3n) is 4.16. The van der Waals surface area contributed by atoms with E-state index in [0.717, 1.165) is 11.4 Å². The molecule has 130 valence electrons. The molecule has 1 amide bonds. The Morgan fingerprint density at radius 1 is 1.24 bits per heavy atom. The molecule has 3 aromatic rings. The van der Waals surface area contributed by atoms with Crippen LogP contribution in [-0.4, -0.2) is 27.3 Å². The number of para-hydroxylation sites is 1. The number of amides is 1. The van der Waals surface area contributed by atoms with Crippen LogP contribution in [0.5, 0.6) is 0 Å². The van der Waals surface area contributed by atoms with Crippen molar-refractivity contribution in [2.75, 3.05) is 6.54 Å². The van der Waals surface area contributed by atoms with E-state index < -0.39 is 5.60 Å². The second-order valence-corrected chi connectivity index (χ2v) is 6.23. The Labute approximate surface area is 146 Å². The van der Waals surface area contributed by atoms with Crippen LogP contribution in [0.1, 0.15) is 34.4 Å². The summed E-state index contributed by atoms with van der Waals surface area (Å²) in [7, 11) is 0. The lowest BCUT2D eigenvalue weighted by Gasteiger charge is -2.21. The lowest BCUT2D eigenvalue weighted by molar-refractivity contribution is 0.0330.